The van der Waals surface area contributed by atoms with Gasteiger partial charge in [0.1, 0.15) is 11.6 Å². The molecule has 1 atom stereocenters. The molecule has 0 radical (unpaired) electrons. The average molecular weight is 471 g/mol. The van der Waals surface area contributed by atoms with E-state index in [-0.39, 0.29) is 17.5 Å². The van der Waals surface area contributed by atoms with Crippen molar-refractivity contribution in [2.45, 2.75) is 31.1 Å². The highest BCUT2D eigenvalue weighted by Gasteiger charge is 2.28. The maximum Gasteiger partial charge on any atom is 0.254 e. The Morgan fingerprint density at radius 3 is 2.72 bits per heavy atom. The summed E-state index contributed by atoms with van der Waals surface area (Å²) in [5, 5.41) is 2.85. The third-order valence-corrected chi connectivity index (χ3v) is 5.38. The minimum Gasteiger partial charge on any atom is -0.315 e. The zero-order valence-electron chi connectivity index (χ0n) is 13.6. The van der Waals surface area contributed by atoms with Gasteiger partial charge in [0.25, 0.3) is 5.56 Å². The molecule has 3 rings (SSSR count). The molecule has 0 spiro atoms. The second-order valence-corrected chi connectivity index (χ2v) is 7.81. The SMILES string of the molecule is Cn1c(C2CC2)ccc(C(CC#CSI)c2cc(F)ccc2F)c1=O. The molecular formula is C19H16F2INOS. The van der Waals surface area contributed by atoms with Crippen molar-refractivity contribution in [1.82, 2.24) is 4.57 Å². The fourth-order valence-electron chi connectivity index (χ4n) is 3.06. The van der Waals surface area contributed by atoms with E-state index >= 15 is 0 Å². The molecule has 1 aromatic heterocycles. The summed E-state index contributed by atoms with van der Waals surface area (Å²) in [6.07, 6.45) is 2.44. The lowest BCUT2D eigenvalue weighted by atomic mass is 9.88. The lowest BCUT2D eigenvalue weighted by Crippen LogP contribution is -2.26. The lowest BCUT2D eigenvalue weighted by Gasteiger charge is -2.18. The third kappa shape index (κ3) is 4.09. The van der Waals surface area contributed by atoms with Crippen molar-refractivity contribution in [3.63, 3.8) is 0 Å². The molecule has 1 saturated carbocycles. The first kappa shape index (κ1) is 18.5. The lowest BCUT2D eigenvalue weighted by molar-refractivity contribution is 0.573. The van der Waals surface area contributed by atoms with E-state index in [1.807, 2.05) is 27.3 Å². The van der Waals surface area contributed by atoms with Crippen molar-refractivity contribution >= 4 is 30.1 Å². The van der Waals surface area contributed by atoms with Crippen molar-refractivity contribution in [1.29, 1.82) is 0 Å². The molecule has 0 bridgehead atoms. The number of aromatic nitrogens is 1. The molecule has 0 aliphatic heterocycles. The van der Waals surface area contributed by atoms with Gasteiger partial charge in [0.2, 0.25) is 0 Å². The maximum atomic E-state index is 14.3. The molecule has 130 valence electrons. The second-order valence-electron chi connectivity index (χ2n) is 6.13. The minimum absolute atomic E-state index is 0.165. The molecule has 1 heterocycles. The Balaban J connectivity index is 2.10. The summed E-state index contributed by atoms with van der Waals surface area (Å²) in [5.74, 6) is 1.73. The molecule has 25 heavy (non-hydrogen) atoms. The van der Waals surface area contributed by atoms with Gasteiger partial charge in [-0.3, -0.25) is 4.79 Å². The molecule has 2 nitrogen and oxygen atoms in total. The third-order valence-electron chi connectivity index (χ3n) is 4.49. The zero-order valence-corrected chi connectivity index (χ0v) is 16.5. The Hall–Kier alpha value is -1.33. The van der Waals surface area contributed by atoms with Gasteiger partial charge in [0.05, 0.1) is 0 Å². The summed E-state index contributed by atoms with van der Waals surface area (Å²) in [6, 6.07) is 7.02. The van der Waals surface area contributed by atoms with Crippen LogP contribution in [0.5, 0.6) is 0 Å². The number of halogens is 3. The van der Waals surface area contributed by atoms with Crippen LogP contribution in [0, 0.1) is 22.8 Å². The normalized spacial score (nSPS) is 14.7. The van der Waals surface area contributed by atoms with Gasteiger partial charge in [0.15, 0.2) is 0 Å². The number of nitrogens with zero attached hydrogens (tertiary/aromatic N) is 1. The molecule has 0 N–H and O–H groups in total. The van der Waals surface area contributed by atoms with Crippen molar-refractivity contribution in [2.75, 3.05) is 0 Å². The molecule has 0 saturated heterocycles. The molecule has 1 aliphatic carbocycles. The van der Waals surface area contributed by atoms with E-state index in [1.165, 1.54) is 8.93 Å². The fraction of sp³-hybridized carbons (Fsp3) is 0.316. The number of rotatable bonds is 4. The molecular weight excluding hydrogens is 455 g/mol. The number of hydrogen-bond acceptors (Lipinski definition) is 2. The fourth-order valence-corrected chi connectivity index (χ4v) is 3.67. The van der Waals surface area contributed by atoms with Gasteiger partial charge < -0.3 is 4.57 Å². The molecule has 6 heteroatoms. The average Bonchev–Trinajstić information content (AvgIpc) is 3.42. The van der Waals surface area contributed by atoms with Crippen LogP contribution in [0.2, 0.25) is 0 Å². The van der Waals surface area contributed by atoms with Crippen LogP contribution in [0.4, 0.5) is 8.78 Å². The summed E-state index contributed by atoms with van der Waals surface area (Å²) in [4.78, 5) is 12.9. The monoisotopic (exact) mass is 471 g/mol. The van der Waals surface area contributed by atoms with E-state index in [2.05, 4.69) is 11.2 Å². The van der Waals surface area contributed by atoms with Crippen molar-refractivity contribution in [2.24, 2.45) is 7.05 Å². The molecule has 2 aromatic rings. The Bertz CT molecular complexity index is 912. The minimum atomic E-state index is -0.598. The smallest absolute Gasteiger partial charge is 0.254 e. The maximum absolute atomic E-state index is 14.3. The first-order valence-electron chi connectivity index (χ1n) is 7.93. The van der Waals surface area contributed by atoms with Crippen LogP contribution < -0.4 is 5.56 Å². The van der Waals surface area contributed by atoms with E-state index in [0.717, 1.165) is 36.7 Å². The summed E-state index contributed by atoms with van der Waals surface area (Å²) in [5.41, 5.74) is 1.45. The summed E-state index contributed by atoms with van der Waals surface area (Å²) in [6.45, 7) is 0. The first-order chi connectivity index (χ1) is 12.0. The van der Waals surface area contributed by atoms with Crippen molar-refractivity contribution < 1.29 is 8.78 Å². The van der Waals surface area contributed by atoms with E-state index in [9.17, 15) is 13.6 Å². The highest BCUT2D eigenvalue weighted by atomic mass is 127. The highest BCUT2D eigenvalue weighted by molar-refractivity contribution is 14.2. The van der Waals surface area contributed by atoms with Gasteiger partial charge in [-0.05, 0) is 62.8 Å². The van der Waals surface area contributed by atoms with E-state index in [4.69, 9.17) is 0 Å². The van der Waals surface area contributed by atoms with Crippen molar-refractivity contribution in [3.05, 3.63) is 69.1 Å². The van der Waals surface area contributed by atoms with Crippen LogP contribution in [-0.2, 0) is 7.05 Å². The molecule has 1 fully saturated rings. The van der Waals surface area contributed by atoms with Gasteiger partial charge >= 0.3 is 0 Å². The second kappa shape index (κ2) is 7.92. The standard InChI is InChI=1S/C19H16F2INOS/c1-23-18(12-4-5-12)9-7-15(19(23)24)14(3-2-10-25-22)16-11-13(20)6-8-17(16)21/h6-9,11-12,14H,3-5H2,1H3. The number of hydrogen-bond donors (Lipinski definition) is 0. The molecule has 1 aliphatic rings. The Morgan fingerprint density at radius 1 is 1.28 bits per heavy atom. The predicted octanol–water partition coefficient (Wildman–Crippen LogP) is 5.11. The zero-order chi connectivity index (χ0) is 18.0. The van der Waals surface area contributed by atoms with Crippen LogP contribution in [-0.4, -0.2) is 4.57 Å². The summed E-state index contributed by atoms with van der Waals surface area (Å²) < 4.78 is 29.6. The van der Waals surface area contributed by atoms with E-state index < -0.39 is 17.6 Å². The van der Waals surface area contributed by atoms with Crippen LogP contribution in [0.1, 0.15) is 47.9 Å². The molecule has 0 amide bonds. The summed E-state index contributed by atoms with van der Waals surface area (Å²) >= 11 is 2.05. The first-order valence-corrected chi connectivity index (χ1v) is 11.3. The predicted molar refractivity (Wildman–Crippen MR) is 106 cm³/mol. The van der Waals surface area contributed by atoms with Crippen LogP contribution in [0.15, 0.2) is 35.1 Å². The van der Waals surface area contributed by atoms with E-state index in [0.29, 0.717) is 11.5 Å². The van der Waals surface area contributed by atoms with Crippen LogP contribution in [0.3, 0.4) is 0 Å². The Labute approximate surface area is 161 Å². The summed E-state index contributed by atoms with van der Waals surface area (Å²) in [7, 11) is 3.06. The topological polar surface area (TPSA) is 22.0 Å². The molecule has 1 aromatic carbocycles. The van der Waals surface area contributed by atoms with Gasteiger partial charge in [-0.15, -0.1) is 0 Å². The van der Waals surface area contributed by atoms with Gasteiger partial charge in [-0.2, -0.15) is 0 Å². The Kier molecular flexibility index (Phi) is 5.85. The number of benzene rings is 1. The van der Waals surface area contributed by atoms with E-state index in [1.54, 1.807) is 17.7 Å². The number of pyridine rings is 1. The molecule has 1 unspecified atom stereocenters. The van der Waals surface area contributed by atoms with Gasteiger partial charge in [-0.1, -0.05) is 12.0 Å². The van der Waals surface area contributed by atoms with Crippen LogP contribution in [0.25, 0.3) is 0 Å². The van der Waals surface area contributed by atoms with Crippen LogP contribution >= 0.6 is 30.1 Å². The highest BCUT2D eigenvalue weighted by Crippen LogP contribution is 2.39. The quantitative estimate of drug-likeness (QED) is 0.457. The largest absolute Gasteiger partial charge is 0.315 e. The Morgan fingerprint density at radius 2 is 2.04 bits per heavy atom. The van der Waals surface area contributed by atoms with Gasteiger partial charge in [0, 0.05) is 51.8 Å². The van der Waals surface area contributed by atoms with Gasteiger partial charge in [-0.25, -0.2) is 8.78 Å². The van der Waals surface area contributed by atoms with Crippen molar-refractivity contribution in [3.8, 4) is 11.2 Å².